The molecule has 0 bridgehead atoms. The van der Waals surface area contributed by atoms with E-state index in [0.29, 0.717) is 22.8 Å². The molecule has 0 saturated heterocycles. The Morgan fingerprint density at radius 2 is 1.96 bits per heavy atom. The summed E-state index contributed by atoms with van der Waals surface area (Å²) < 4.78 is 42.9. The van der Waals surface area contributed by atoms with Crippen molar-refractivity contribution in [2.24, 2.45) is 0 Å². The molecular formula is C17H21F3N2O2S. The van der Waals surface area contributed by atoms with Crippen LogP contribution in [0.3, 0.4) is 0 Å². The maximum Gasteiger partial charge on any atom is 0.452 e. The van der Waals surface area contributed by atoms with Gasteiger partial charge in [0.2, 0.25) is 5.76 Å². The summed E-state index contributed by atoms with van der Waals surface area (Å²) >= 11 is 1.14. The molecule has 2 aromatic rings. The minimum atomic E-state index is -4.58. The number of unbranched alkanes of at least 4 members (excludes halogenated alkanes) is 1. The van der Waals surface area contributed by atoms with Crippen LogP contribution in [0.4, 0.5) is 13.2 Å². The normalized spacial score (nSPS) is 11.8. The van der Waals surface area contributed by atoms with Gasteiger partial charge in [-0.15, -0.1) is 11.3 Å². The SMILES string of the molecule is CCCCN(CCC)C(=O)c1ccc(-c2noc(C(F)(F)F)c2C)s1. The largest absolute Gasteiger partial charge is 0.452 e. The van der Waals surface area contributed by atoms with E-state index in [4.69, 9.17) is 0 Å². The predicted molar refractivity (Wildman–Crippen MR) is 90.7 cm³/mol. The number of carbonyl (C=O) groups is 1. The zero-order valence-electron chi connectivity index (χ0n) is 14.4. The van der Waals surface area contributed by atoms with Gasteiger partial charge in [-0.2, -0.15) is 13.2 Å². The summed E-state index contributed by atoms with van der Waals surface area (Å²) in [6.07, 6.45) is -1.82. The third-order valence-electron chi connectivity index (χ3n) is 3.79. The number of halogens is 3. The summed E-state index contributed by atoms with van der Waals surface area (Å²) in [5, 5.41) is 3.55. The maximum atomic E-state index is 12.8. The first-order valence-corrected chi connectivity index (χ1v) is 9.04. The van der Waals surface area contributed by atoms with Crippen molar-refractivity contribution in [1.29, 1.82) is 0 Å². The summed E-state index contributed by atoms with van der Waals surface area (Å²) in [7, 11) is 0. The van der Waals surface area contributed by atoms with Crippen molar-refractivity contribution in [2.45, 2.75) is 46.2 Å². The molecule has 138 valence electrons. The molecule has 2 rings (SSSR count). The maximum absolute atomic E-state index is 12.8. The summed E-state index contributed by atoms with van der Waals surface area (Å²) in [4.78, 5) is 15.4. The molecule has 0 aliphatic carbocycles. The van der Waals surface area contributed by atoms with Crippen LogP contribution in [0.1, 0.15) is 54.1 Å². The van der Waals surface area contributed by atoms with E-state index in [0.717, 1.165) is 30.6 Å². The standard InChI is InChI=1S/C17H21F3N2O2S/c1-4-6-10-22(9-5-2)16(23)13-8-7-12(25-13)14-11(3)15(24-21-14)17(18,19)20/h7-8H,4-6,9-10H2,1-3H3. The van der Waals surface area contributed by atoms with Gasteiger partial charge in [0.15, 0.2) is 0 Å². The highest BCUT2D eigenvalue weighted by Gasteiger charge is 2.39. The zero-order chi connectivity index (χ0) is 18.6. The number of thiophene rings is 1. The molecule has 0 aliphatic heterocycles. The minimum absolute atomic E-state index is 0.0650. The van der Waals surface area contributed by atoms with Gasteiger partial charge < -0.3 is 9.42 Å². The first-order valence-electron chi connectivity index (χ1n) is 8.22. The first kappa shape index (κ1) is 19.5. The highest BCUT2D eigenvalue weighted by molar-refractivity contribution is 7.17. The summed E-state index contributed by atoms with van der Waals surface area (Å²) in [5.74, 6) is -1.19. The van der Waals surface area contributed by atoms with Crippen LogP contribution in [0.2, 0.25) is 0 Å². The molecule has 0 N–H and O–H groups in total. The van der Waals surface area contributed by atoms with Gasteiger partial charge in [-0.1, -0.05) is 25.4 Å². The molecule has 8 heteroatoms. The van der Waals surface area contributed by atoms with Gasteiger partial charge in [-0.3, -0.25) is 4.79 Å². The average Bonchev–Trinajstić information content (AvgIpc) is 3.16. The fourth-order valence-electron chi connectivity index (χ4n) is 2.50. The molecule has 0 radical (unpaired) electrons. The second-order valence-electron chi connectivity index (χ2n) is 5.79. The lowest BCUT2D eigenvalue weighted by Crippen LogP contribution is -2.32. The number of hydrogen-bond acceptors (Lipinski definition) is 4. The molecule has 0 spiro atoms. The van der Waals surface area contributed by atoms with Crippen molar-refractivity contribution in [3.05, 3.63) is 28.3 Å². The van der Waals surface area contributed by atoms with Crippen molar-refractivity contribution in [3.63, 3.8) is 0 Å². The van der Waals surface area contributed by atoms with Gasteiger partial charge >= 0.3 is 6.18 Å². The zero-order valence-corrected chi connectivity index (χ0v) is 15.3. The van der Waals surface area contributed by atoms with E-state index in [9.17, 15) is 18.0 Å². The molecule has 25 heavy (non-hydrogen) atoms. The second kappa shape index (κ2) is 8.03. The molecule has 0 atom stereocenters. The summed E-state index contributed by atoms with van der Waals surface area (Å²) in [5.41, 5.74) is 0.0664. The van der Waals surface area contributed by atoms with Crippen LogP contribution in [0.5, 0.6) is 0 Å². The van der Waals surface area contributed by atoms with Gasteiger partial charge in [0, 0.05) is 18.7 Å². The number of alkyl halides is 3. The van der Waals surface area contributed by atoms with Gasteiger partial charge in [-0.25, -0.2) is 0 Å². The Balaban J connectivity index is 2.24. The Bertz CT molecular complexity index is 722. The van der Waals surface area contributed by atoms with Crippen molar-refractivity contribution in [3.8, 4) is 10.6 Å². The molecule has 2 aromatic heterocycles. The van der Waals surface area contributed by atoms with Gasteiger partial charge in [0.05, 0.1) is 9.75 Å². The Labute approximate surface area is 148 Å². The lowest BCUT2D eigenvalue weighted by Gasteiger charge is -2.21. The first-order chi connectivity index (χ1) is 11.8. The van der Waals surface area contributed by atoms with E-state index < -0.39 is 11.9 Å². The number of amides is 1. The Morgan fingerprint density at radius 3 is 2.52 bits per heavy atom. The Morgan fingerprint density at radius 1 is 1.24 bits per heavy atom. The second-order valence-corrected chi connectivity index (χ2v) is 6.88. The number of aromatic nitrogens is 1. The van der Waals surface area contributed by atoms with Crippen LogP contribution in [-0.4, -0.2) is 29.1 Å². The van der Waals surface area contributed by atoms with Crippen LogP contribution in [0.25, 0.3) is 10.6 Å². The molecule has 2 heterocycles. The van der Waals surface area contributed by atoms with Gasteiger partial charge in [0.25, 0.3) is 5.91 Å². The molecule has 0 unspecified atom stereocenters. The van der Waals surface area contributed by atoms with Crippen molar-refractivity contribution >= 4 is 17.2 Å². The summed E-state index contributed by atoms with van der Waals surface area (Å²) in [6, 6.07) is 3.26. The van der Waals surface area contributed by atoms with Crippen LogP contribution < -0.4 is 0 Å². The van der Waals surface area contributed by atoms with Crippen LogP contribution in [0, 0.1) is 6.92 Å². The Kier molecular flexibility index (Phi) is 6.26. The molecule has 0 aromatic carbocycles. The van der Waals surface area contributed by atoms with E-state index in [2.05, 4.69) is 16.6 Å². The number of hydrogen-bond donors (Lipinski definition) is 0. The lowest BCUT2D eigenvalue weighted by atomic mass is 10.2. The van der Waals surface area contributed by atoms with Gasteiger partial charge in [-0.05, 0) is 31.9 Å². The van der Waals surface area contributed by atoms with Gasteiger partial charge in [0.1, 0.15) is 5.69 Å². The molecule has 0 saturated carbocycles. The molecule has 0 aliphatic rings. The molecule has 1 amide bonds. The van der Waals surface area contributed by atoms with Crippen molar-refractivity contribution in [1.82, 2.24) is 10.1 Å². The fourth-order valence-corrected chi connectivity index (χ4v) is 3.51. The number of rotatable bonds is 7. The summed E-state index contributed by atoms with van der Waals surface area (Å²) in [6.45, 7) is 6.72. The third kappa shape index (κ3) is 4.42. The van der Waals surface area contributed by atoms with E-state index in [-0.39, 0.29) is 17.2 Å². The number of carbonyl (C=O) groups excluding carboxylic acids is 1. The Hall–Kier alpha value is -1.83. The highest BCUT2D eigenvalue weighted by Crippen LogP contribution is 2.38. The van der Waals surface area contributed by atoms with Crippen LogP contribution in [0.15, 0.2) is 16.7 Å². The fraction of sp³-hybridized carbons (Fsp3) is 0.529. The van der Waals surface area contributed by atoms with E-state index >= 15 is 0 Å². The monoisotopic (exact) mass is 374 g/mol. The quantitative estimate of drug-likeness (QED) is 0.653. The molecular weight excluding hydrogens is 353 g/mol. The van der Waals surface area contributed by atoms with E-state index in [1.54, 1.807) is 17.0 Å². The number of nitrogens with zero attached hydrogens (tertiary/aromatic N) is 2. The van der Waals surface area contributed by atoms with Crippen LogP contribution >= 0.6 is 11.3 Å². The van der Waals surface area contributed by atoms with Crippen molar-refractivity contribution in [2.75, 3.05) is 13.1 Å². The average molecular weight is 374 g/mol. The predicted octanol–water partition coefficient (Wildman–Crippen LogP) is 5.38. The van der Waals surface area contributed by atoms with Crippen molar-refractivity contribution < 1.29 is 22.5 Å². The molecule has 4 nitrogen and oxygen atoms in total. The lowest BCUT2D eigenvalue weighted by molar-refractivity contribution is -0.156. The minimum Gasteiger partial charge on any atom is -0.351 e. The van der Waals surface area contributed by atoms with E-state index in [1.807, 2.05) is 6.92 Å². The highest BCUT2D eigenvalue weighted by atomic mass is 32.1. The topological polar surface area (TPSA) is 46.3 Å². The van der Waals surface area contributed by atoms with Crippen LogP contribution in [-0.2, 0) is 6.18 Å². The third-order valence-corrected chi connectivity index (χ3v) is 4.87. The van der Waals surface area contributed by atoms with E-state index in [1.165, 1.54) is 6.92 Å². The molecule has 0 fully saturated rings. The smallest absolute Gasteiger partial charge is 0.351 e.